The monoisotopic (exact) mass is 287 g/mol. The Kier molecular flexibility index (Phi) is 3.72. The van der Waals surface area contributed by atoms with Crippen LogP contribution in [-0.2, 0) is 4.79 Å². The third-order valence-electron chi connectivity index (χ3n) is 2.59. The van der Waals surface area contributed by atoms with Gasteiger partial charge in [-0.15, -0.1) is 22.0 Å². The smallest absolute Gasteiger partial charge is 0.327 e. The summed E-state index contributed by atoms with van der Waals surface area (Å²) in [5, 5.41) is 16.3. The highest BCUT2D eigenvalue weighted by atomic mass is 35.5. The molecule has 1 amide bonds. The van der Waals surface area contributed by atoms with Crippen LogP contribution in [0.2, 0.25) is 5.15 Å². The van der Waals surface area contributed by atoms with Crippen LogP contribution in [0.1, 0.15) is 17.4 Å². The molecule has 2 heterocycles. The highest BCUT2D eigenvalue weighted by Crippen LogP contribution is 2.29. The first kappa shape index (κ1) is 13.1. The van der Waals surface area contributed by atoms with Gasteiger partial charge in [-0.25, -0.2) is 4.79 Å². The van der Waals surface area contributed by atoms with E-state index < -0.39 is 17.9 Å². The van der Waals surface area contributed by atoms with Crippen molar-refractivity contribution in [3.8, 4) is 0 Å². The van der Waals surface area contributed by atoms with Gasteiger partial charge in [0.25, 0.3) is 5.91 Å². The molecule has 6 nitrogen and oxygen atoms in total. The van der Waals surface area contributed by atoms with Crippen molar-refractivity contribution in [1.29, 1.82) is 0 Å². The standard InChI is InChI=1S/C10H10ClN3O3S/c1-5-14(7(4-18-5)10(16)17)9(15)6-2-3-8(11)13-12-6/h2-3,5,7H,4H2,1H3,(H,16,17). The molecule has 0 aromatic carbocycles. The summed E-state index contributed by atoms with van der Waals surface area (Å²) >= 11 is 7.00. The Bertz CT molecular complexity index is 482. The number of hydrogen-bond acceptors (Lipinski definition) is 5. The quantitative estimate of drug-likeness (QED) is 0.877. The summed E-state index contributed by atoms with van der Waals surface area (Å²) in [6.07, 6.45) is 0. The van der Waals surface area contributed by atoms with E-state index in [1.165, 1.54) is 28.8 Å². The van der Waals surface area contributed by atoms with Crippen LogP contribution in [-0.4, -0.2) is 49.2 Å². The summed E-state index contributed by atoms with van der Waals surface area (Å²) in [7, 11) is 0. The predicted molar refractivity (Wildman–Crippen MR) is 66.6 cm³/mol. The number of carbonyl (C=O) groups is 2. The van der Waals surface area contributed by atoms with Gasteiger partial charge in [-0.05, 0) is 19.1 Å². The van der Waals surface area contributed by atoms with Crippen molar-refractivity contribution in [3.05, 3.63) is 23.0 Å². The minimum Gasteiger partial charge on any atom is -0.480 e. The molecule has 1 saturated heterocycles. The van der Waals surface area contributed by atoms with E-state index in [1.807, 2.05) is 0 Å². The number of carbonyl (C=O) groups excluding carboxylic acids is 1. The summed E-state index contributed by atoms with van der Waals surface area (Å²) in [6.45, 7) is 1.79. The van der Waals surface area contributed by atoms with E-state index in [4.69, 9.17) is 16.7 Å². The van der Waals surface area contributed by atoms with Crippen molar-refractivity contribution >= 4 is 35.2 Å². The molecule has 1 aliphatic heterocycles. The van der Waals surface area contributed by atoms with E-state index in [-0.39, 0.29) is 16.2 Å². The minimum absolute atomic E-state index is 0.0972. The molecule has 0 radical (unpaired) electrons. The number of aliphatic carboxylic acids is 1. The number of halogens is 1. The molecule has 0 spiro atoms. The molecule has 1 aliphatic rings. The molecular weight excluding hydrogens is 278 g/mol. The molecule has 2 rings (SSSR count). The second-order valence-corrected chi connectivity index (χ2v) is 5.48. The highest BCUT2D eigenvalue weighted by Gasteiger charge is 2.40. The van der Waals surface area contributed by atoms with Gasteiger partial charge in [-0.3, -0.25) is 4.79 Å². The van der Waals surface area contributed by atoms with E-state index in [1.54, 1.807) is 6.92 Å². The Morgan fingerprint density at radius 3 is 2.78 bits per heavy atom. The van der Waals surface area contributed by atoms with Gasteiger partial charge in [0.1, 0.15) is 6.04 Å². The molecule has 2 atom stereocenters. The summed E-state index contributed by atoms with van der Waals surface area (Å²) in [4.78, 5) is 24.6. The van der Waals surface area contributed by atoms with Crippen LogP contribution in [0.25, 0.3) is 0 Å². The molecule has 1 aromatic heterocycles. The second kappa shape index (κ2) is 5.11. The fourth-order valence-corrected chi connectivity index (χ4v) is 2.97. The minimum atomic E-state index is -1.01. The summed E-state index contributed by atoms with van der Waals surface area (Å²) < 4.78 is 0. The van der Waals surface area contributed by atoms with Crippen molar-refractivity contribution in [2.24, 2.45) is 0 Å². The zero-order valence-corrected chi connectivity index (χ0v) is 11.0. The SMILES string of the molecule is CC1SCC(C(=O)O)N1C(=O)c1ccc(Cl)nn1. The number of carboxylic acids is 1. The van der Waals surface area contributed by atoms with Gasteiger partial charge in [-0.1, -0.05) is 11.6 Å². The first-order chi connectivity index (χ1) is 8.50. The molecule has 1 fully saturated rings. The Balaban J connectivity index is 2.26. The van der Waals surface area contributed by atoms with Gasteiger partial charge >= 0.3 is 5.97 Å². The number of aromatic nitrogens is 2. The Morgan fingerprint density at radius 1 is 1.50 bits per heavy atom. The average molecular weight is 288 g/mol. The van der Waals surface area contributed by atoms with E-state index in [2.05, 4.69) is 10.2 Å². The molecule has 1 aromatic rings. The number of amides is 1. The van der Waals surface area contributed by atoms with Crippen LogP contribution in [0.3, 0.4) is 0 Å². The van der Waals surface area contributed by atoms with Gasteiger partial charge in [0, 0.05) is 5.75 Å². The Labute approximate surface area is 112 Å². The Morgan fingerprint density at radius 2 is 2.22 bits per heavy atom. The molecule has 96 valence electrons. The zero-order chi connectivity index (χ0) is 13.3. The van der Waals surface area contributed by atoms with Crippen LogP contribution in [0.15, 0.2) is 12.1 Å². The maximum Gasteiger partial charge on any atom is 0.327 e. The van der Waals surface area contributed by atoms with E-state index in [0.29, 0.717) is 5.75 Å². The third kappa shape index (κ3) is 2.41. The molecular formula is C10H10ClN3O3S. The first-order valence-electron chi connectivity index (χ1n) is 5.17. The fraction of sp³-hybridized carbons (Fsp3) is 0.400. The summed E-state index contributed by atoms with van der Waals surface area (Å²) in [6, 6.07) is 2.06. The van der Waals surface area contributed by atoms with Crippen LogP contribution in [0, 0.1) is 0 Å². The number of nitrogens with zero attached hydrogens (tertiary/aromatic N) is 3. The lowest BCUT2D eigenvalue weighted by Gasteiger charge is -2.24. The van der Waals surface area contributed by atoms with Crippen LogP contribution < -0.4 is 0 Å². The first-order valence-corrected chi connectivity index (χ1v) is 6.59. The third-order valence-corrected chi connectivity index (χ3v) is 4.01. The van der Waals surface area contributed by atoms with Gasteiger partial charge in [0.05, 0.1) is 5.37 Å². The summed E-state index contributed by atoms with van der Waals surface area (Å²) in [5.41, 5.74) is 0.0972. The largest absolute Gasteiger partial charge is 0.480 e. The average Bonchev–Trinajstić information content (AvgIpc) is 2.71. The highest BCUT2D eigenvalue weighted by molar-refractivity contribution is 8.00. The molecule has 8 heteroatoms. The Hall–Kier alpha value is -1.34. The van der Waals surface area contributed by atoms with Crippen LogP contribution in [0.5, 0.6) is 0 Å². The fourth-order valence-electron chi connectivity index (χ4n) is 1.70. The maximum absolute atomic E-state index is 12.2. The molecule has 0 aliphatic carbocycles. The zero-order valence-electron chi connectivity index (χ0n) is 9.41. The van der Waals surface area contributed by atoms with E-state index in [0.717, 1.165) is 0 Å². The van der Waals surface area contributed by atoms with Crippen molar-refractivity contribution in [2.75, 3.05) is 5.75 Å². The van der Waals surface area contributed by atoms with Crippen LogP contribution >= 0.6 is 23.4 Å². The molecule has 1 N–H and O–H groups in total. The lowest BCUT2D eigenvalue weighted by atomic mass is 10.2. The molecule has 2 unspecified atom stereocenters. The lowest BCUT2D eigenvalue weighted by Crippen LogP contribution is -2.45. The van der Waals surface area contributed by atoms with Gasteiger partial charge in [0.15, 0.2) is 10.8 Å². The molecule has 18 heavy (non-hydrogen) atoms. The number of thioether (sulfide) groups is 1. The van der Waals surface area contributed by atoms with Gasteiger partial charge in [0.2, 0.25) is 0 Å². The number of rotatable bonds is 2. The maximum atomic E-state index is 12.2. The molecule has 0 bridgehead atoms. The van der Waals surface area contributed by atoms with Crippen molar-refractivity contribution in [2.45, 2.75) is 18.3 Å². The van der Waals surface area contributed by atoms with Crippen LogP contribution in [0.4, 0.5) is 0 Å². The second-order valence-electron chi connectivity index (χ2n) is 3.74. The van der Waals surface area contributed by atoms with Crippen molar-refractivity contribution < 1.29 is 14.7 Å². The van der Waals surface area contributed by atoms with E-state index >= 15 is 0 Å². The van der Waals surface area contributed by atoms with Gasteiger partial charge < -0.3 is 10.0 Å². The number of carboxylic acid groups (broad SMARTS) is 1. The van der Waals surface area contributed by atoms with Crippen molar-refractivity contribution in [3.63, 3.8) is 0 Å². The van der Waals surface area contributed by atoms with Gasteiger partial charge in [-0.2, -0.15) is 0 Å². The predicted octanol–water partition coefficient (Wildman–Crippen LogP) is 1.12. The molecule has 0 saturated carbocycles. The van der Waals surface area contributed by atoms with Crippen molar-refractivity contribution in [1.82, 2.24) is 15.1 Å². The normalized spacial score (nSPS) is 23.1. The van der Waals surface area contributed by atoms with E-state index in [9.17, 15) is 9.59 Å². The summed E-state index contributed by atoms with van der Waals surface area (Å²) in [5.74, 6) is -1.07. The number of hydrogen-bond donors (Lipinski definition) is 1. The lowest BCUT2D eigenvalue weighted by molar-refractivity contribution is -0.141. The topological polar surface area (TPSA) is 83.4 Å².